The number of piperidine rings is 1. The van der Waals surface area contributed by atoms with Gasteiger partial charge in [0.1, 0.15) is 12.0 Å². The van der Waals surface area contributed by atoms with Gasteiger partial charge in [0.2, 0.25) is 0 Å². The highest BCUT2D eigenvalue weighted by Crippen LogP contribution is 2.41. The Hall–Kier alpha value is -1.30. The molecule has 2 saturated heterocycles. The molecule has 2 saturated carbocycles. The smallest absolute Gasteiger partial charge is 0.314 e. The average molecular weight is 463 g/mol. The monoisotopic (exact) mass is 462 g/mol. The molecule has 2 heterocycles. The summed E-state index contributed by atoms with van der Waals surface area (Å²) < 4.78 is 11.8. The normalized spacial score (nSPS) is 35.7. The zero-order chi connectivity index (χ0) is 22.5. The molecule has 2 aliphatic carbocycles. The van der Waals surface area contributed by atoms with Gasteiger partial charge in [-0.2, -0.15) is 0 Å². The fourth-order valence-electron chi connectivity index (χ4n) is 6.49. The number of ether oxygens (including phenoxy) is 2. The second-order valence-corrected chi connectivity index (χ2v) is 10.6. The van der Waals surface area contributed by atoms with Crippen molar-refractivity contribution in [2.24, 2.45) is 22.7 Å². The number of rotatable bonds is 7. The van der Waals surface area contributed by atoms with Gasteiger partial charge in [-0.25, -0.2) is 4.99 Å². The summed E-state index contributed by atoms with van der Waals surface area (Å²) >= 11 is 4.72. The minimum Gasteiger partial charge on any atom is -0.465 e. The standard InChI is InChI=1S/C25H38N2O4S/c1-27-20-11-12-21(27)23(22(15-20)31-24(28)18-5-3-2-4-6-18)25(29)30-14-13-17-7-9-19(10-8-17)26-16-32/h17-23H,2-15H2,1H3/t17?,19?,20-,21?,22-,23?/m1/s1. The van der Waals surface area contributed by atoms with Gasteiger partial charge in [0.25, 0.3) is 0 Å². The van der Waals surface area contributed by atoms with E-state index in [1.54, 1.807) is 0 Å². The second kappa shape index (κ2) is 11.2. The predicted molar refractivity (Wildman–Crippen MR) is 125 cm³/mol. The SMILES string of the molecule is CN1C2CC[C@@H]1C[C@@H](OC(=O)C1CCCCC1)C2C(=O)OCCC1CCC(N=C=S)CC1. The lowest BCUT2D eigenvalue weighted by atomic mass is 9.84. The predicted octanol–water partition coefficient (Wildman–Crippen LogP) is 4.56. The lowest BCUT2D eigenvalue weighted by Gasteiger charge is -2.41. The van der Waals surface area contributed by atoms with Crippen LogP contribution in [0.2, 0.25) is 0 Å². The van der Waals surface area contributed by atoms with Crippen molar-refractivity contribution < 1.29 is 19.1 Å². The highest BCUT2D eigenvalue weighted by molar-refractivity contribution is 7.78. The lowest BCUT2D eigenvalue weighted by molar-refractivity contribution is -0.173. The van der Waals surface area contributed by atoms with Crippen molar-refractivity contribution in [2.45, 2.75) is 108 Å². The van der Waals surface area contributed by atoms with Crippen LogP contribution in [0.5, 0.6) is 0 Å². The van der Waals surface area contributed by atoms with Gasteiger partial charge in [-0.3, -0.25) is 14.5 Å². The van der Waals surface area contributed by atoms with E-state index in [0.717, 1.165) is 77.0 Å². The number of thiocarbonyl (C=S) groups is 1. The second-order valence-electron chi connectivity index (χ2n) is 10.4. The molecule has 6 nitrogen and oxygen atoms in total. The molecule has 0 spiro atoms. The molecule has 0 aromatic carbocycles. The number of fused-ring (bicyclic) bond motifs is 2. The summed E-state index contributed by atoms with van der Waals surface area (Å²) in [6.45, 7) is 0.449. The zero-order valence-electron chi connectivity index (χ0n) is 19.4. The fourth-order valence-corrected chi connectivity index (χ4v) is 6.64. The third-order valence-corrected chi connectivity index (χ3v) is 8.62. The number of nitrogens with zero attached hydrogens (tertiary/aromatic N) is 2. The Balaban J connectivity index is 1.30. The highest BCUT2D eigenvalue weighted by Gasteiger charge is 2.51. The van der Waals surface area contributed by atoms with Crippen LogP contribution < -0.4 is 0 Å². The molecule has 2 bridgehead atoms. The minimum atomic E-state index is -0.362. The molecule has 4 fully saturated rings. The van der Waals surface area contributed by atoms with E-state index in [4.69, 9.17) is 21.7 Å². The van der Waals surface area contributed by atoms with E-state index < -0.39 is 0 Å². The molecule has 4 rings (SSSR count). The number of aliphatic imine (C=N–C) groups is 1. The topological polar surface area (TPSA) is 68.2 Å². The number of carbonyl (C=O) groups is 2. The Morgan fingerprint density at radius 3 is 2.47 bits per heavy atom. The zero-order valence-corrected chi connectivity index (χ0v) is 20.2. The van der Waals surface area contributed by atoms with Crippen molar-refractivity contribution >= 4 is 29.3 Å². The maximum atomic E-state index is 13.2. The van der Waals surface area contributed by atoms with Crippen molar-refractivity contribution in [3.05, 3.63) is 0 Å². The summed E-state index contributed by atoms with van der Waals surface area (Å²) in [4.78, 5) is 32.6. The molecular formula is C25H38N2O4S. The van der Waals surface area contributed by atoms with Gasteiger partial charge in [-0.05, 0) is 83.0 Å². The van der Waals surface area contributed by atoms with E-state index in [9.17, 15) is 9.59 Å². The van der Waals surface area contributed by atoms with Crippen LogP contribution in [0, 0.1) is 17.8 Å². The Labute approximate surface area is 197 Å². The van der Waals surface area contributed by atoms with Gasteiger partial charge in [0.05, 0.1) is 23.7 Å². The van der Waals surface area contributed by atoms with E-state index in [1.165, 1.54) is 6.42 Å². The average Bonchev–Trinajstić information content (AvgIpc) is 3.04. The van der Waals surface area contributed by atoms with Crippen LogP contribution in [-0.2, 0) is 19.1 Å². The van der Waals surface area contributed by atoms with Crippen molar-refractivity contribution in [3.8, 4) is 0 Å². The number of esters is 2. The number of carbonyl (C=O) groups excluding carboxylic acids is 2. The molecule has 0 radical (unpaired) electrons. The maximum Gasteiger partial charge on any atom is 0.314 e. The molecule has 0 amide bonds. The first kappa shape index (κ1) is 23.8. The quantitative estimate of drug-likeness (QED) is 0.314. The largest absolute Gasteiger partial charge is 0.465 e. The van der Waals surface area contributed by atoms with Crippen molar-refractivity contribution in [2.75, 3.05) is 13.7 Å². The summed E-state index contributed by atoms with van der Waals surface area (Å²) in [5.41, 5.74) is 0. The third-order valence-electron chi connectivity index (χ3n) is 8.51. The van der Waals surface area contributed by atoms with E-state index >= 15 is 0 Å². The molecule has 178 valence electrons. The Morgan fingerprint density at radius 2 is 1.75 bits per heavy atom. The summed E-state index contributed by atoms with van der Waals surface area (Å²) in [5.74, 6) is -0.0477. The van der Waals surface area contributed by atoms with Crippen LogP contribution >= 0.6 is 12.2 Å². The number of isothiocyanates is 1. The van der Waals surface area contributed by atoms with Crippen molar-refractivity contribution in [1.82, 2.24) is 4.90 Å². The number of hydrogen-bond donors (Lipinski definition) is 0. The van der Waals surface area contributed by atoms with E-state index in [2.05, 4.69) is 22.1 Å². The molecule has 4 aliphatic rings. The van der Waals surface area contributed by atoms with Crippen LogP contribution in [0.15, 0.2) is 4.99 Å². The fraction of sp³-hybridized carbons (Fsp3) is 0.880. The first-order chi connectivity index (χ1) is 15.6. The van der Waals surface area contributed by atoms with E-state index in [0.29, 0.717) is 24.6 Å². The third kappa shape index (κ3) is 5.60. The van der Waals surface area contributed by atoms with Crippen LogP contribution in [0.4, 0.5) is 0 Å². The Bertz CT molecular complexity index is 711. The molecule has 4 atom stereocenters. The van der Waals surface area contributed by atoms with Crippen LogP contribution in [0.25, 0.3) is 0 Å². The molecule has 32 heavy (non-hydrogen) atoms. The molecule has 7 heteroatoms. The lowest BCUT2D eigenvalue weighted by Crippen LogP contribution is -2.54. The first-order valence-electron chi connectivity index (χ1n) is 12.7. The van der Waals surface area contributed by atoms with Crippen LogP contribution in [0.3, 0.4) is 0 Å². The molecule has 0 aromatic rings. The Morgan fingerprint density at radius 1 is 1.00 bits per heavy atom. The summed E-state index contributed by atoms with van der Waals surface area (Å²) in [5, 5.41) is 2.50. The van der Waals surface area contributed by atoms with Gasteiger partial charge < -0.3 is 9.47 Å². The van der Waals surface area contributed by atoms with Crippen molar-refractivity contribution in [1.29, 1.82) is 0 Å². The van der Waals surface area contributed by atoms with Gasteiger partial charge in [-0.1, -0.05) is 19.3 Å². The van der Waals surface area contributed by atoms with E-state index in [-0.39, 0.29) is 35.9 Å². The van der Waals surface area contributed by atoms with E-state index in [1.807, 2.05) is 0 Å². The minimum absolute atomic E-state index is 0.00969. The van der Waals surface area contributed by atoms with Gasteiger partial charge in [0, 0.05) is 18.5 Å². The van der Waals surface area contributed by atoms with Gasteiger partial charge in [0.15, 0.2) is 0 Å². The number of hydrogen-bond acceptors (Lipinski definition) is 7. The molecule has 2 unspecified atom stereocenters. The van der Waals surface area contributed by atoms with Gasteiger partial charge >= 0.3 is 11.9 Å². The molecule has 0 aromatic heterocycles. The summed E-state index contributed by atoms with van der Waals surface area (Å²) in [6, 6.07) is 0.839. The Kier molecular flexibility index (Phi) is 8.36. The highest BCUT2D eigenvalue weighted by atomic mass is 32.1. The van der Waals surface area contributed by atoms with Crippen LogP contribution in [0.1, 0.15) is 83.5 Å². The van der Waals surface area contributed by atoms with Crippen molar-refractivity contribution in [3.63, 3.8) is 0 Å². The first-order valence-corrected chi connectivity index (χ1v) is 13.1. The maximum absolute atomic E-state index is 13.2. The molecule has 0 N–H and O–H groups in total. The summed E-state index contributed by atoms with van der Waals surface area (Å²) in [7, 11) is 2.10. The van der Waals surface area contributed by atoms with Crippen LogP contribution in [-0.4, -0.2) is 59.9 Å². The molecular weight excluding hydrogens is 424 g/mol. The summed E-state index contributed by atoms with van der Waals surface area (Å²) in [6.07, 6.45) is 12.9. The molecule has 2 aliphatic heterocycles. The van der Waals surface area contributed by atoms with Gasteiger partial charge in [-0.15, -0.1) is 0 Å².